The molecule has 140 valence electrons. The van der Waals surface area contributed by atoms with Gasteiger partial charge in [0, 0.05) is 0 Å². The number of fused-ring (bicyclic) bond motifs is 1. The molecule has 0 fully saturated rings. The number of hydrogen-bond donors (Lipinski definition) is 0. The molecule has 0 saturated heterocycles. The summed E-state index contributed by atoms with van der Waals surface area (Å²) < 4.78 is 11.0. The SMILES string of the molecule is C[CH]=[Zr+2]([C]1=CC(CCO[Si](C)(C)C)=CC1)[CH]1C=Cc2ccccc21.[Cl-].[Cl-]. The molecule has 0 saturated carbocycles. The van der Waals surface area contributed by atoms with Crippen LogP contribution >= 0.6 is 0 Å². The van der Waals surface area contributed by atoms with E-state index < -0.39 is 29.6 Å². The first-order chi connectivity index (χ1) is 11.5. The van der Waals surface area contributed by atoms with Crippen molar-refractivity contribution in [3.8, 4) is 0 Å². The fourth-order valence-electron chi connectivity index (χ4n) is 3.52. The monoisotopic (exact) mass is 484 g/mol. The summed E-state index contributed by atoms with van der Waals surface area (Å²) in [6, 6.07) is 8.92. The molecule has 3 rings (SSSR count). The molecular formula is C21H28Cl2OSiZr. The van der Waals surface area contributed by atoms with Gasteiger partial charge in [0.15, 0.2) is 0 Å². The first kappa shape index (κ1) is 24.0. The predicted molar refractivity (Wildman–Crippen MR) is 105 cm³/mol. The molecule has 5 heteroatoms. The molecule has 0 bridgehead atoms. The Morgan fingerprint density at radius 1 is 1.19 bits per heavy atom. The van der Waals surface area contributed by atoms with Crippen LogP contribution in [0.5, 0.6) is 0 Å². The average Bonchev–Trinajstić information content (AvgIpc) is 3.15. The molecule has 2 aliphatic carbocycles. The smallest absolute Gasteiger partial charge is 1.00 e. The molecule has 1 atom stereocenters. The third kappa shape index (κ3) is 5.97. The molecule has 0 spiro atoms. The Morgan fingerprint density at radius 2 is 1.92 bits per heavy atom. The van der Waals surface area contributed by atoms with E-state index in [1.165, 1.54) is 17.6 Å². The Kier molecular flexibility index (Phi) is 9.67. The molecule has 2 aliphatic rings. The van der Waals surface area contributed by atoms with Crippen LogP contribution < -0.4 is 24.8 Å². The minimum atomic E-state index is -1.76. The van der Waals surface area contributed by atoms with Gasteiger partial charge in [-0.3, -0.25) is 0 Å². The van der Waals surface area contributed by atoms with Crippen LogP contribution in [0, 0.1) is 0 Å². The Hall–Kier alpha value is -0.0500. The van der Waals surface area contributed by atoms with Crippen molar-refractivity contribution in [3.63, 3.8) is 0 Å². The van der Waals surface area contributed by atoms with Crippen LogP contribution in [0.2, 0.25) is 19.6 Å². The van der Waals surface area contributed by atoms with Crippen LogP contribution in [0.25, 0.3) is 6.08 Å². The van der Waals surface area contributed by atoms with E-state index in [4.69, 9.17) is 4.43 Å². The number of hydrogen-bond acceptors (Lipinski definition) is 1. The molecule has 0 N–H and O–H groups in total. The maximum atomic E-state index is 6.03. The van der Waals surface area contributed by atoms with E-state index in [1.807, 2.05) is 0 Å². The van der Waals surface area contributed by atoms with Crippen LogP contribution in [0.1, 0.15) is 34.5 Å². The molecular weight excluding hydrogens is 458 g/mol. The van der Waals surface area contributed by atoms with Gasteiger partial charge in [0.1, 0.15) is 0 Å². The van der Waals surface area contributed by atoms with Crippen LogP contribution in [0.4, 0.5) is 0 Å². The van der Waals surface area contributed by atoms with Gasteiger partial charge in [-0.25, -0.2) is 0 Å². The molecule has 1 aromatic carbocycles. The Labute approximate surface area is 179 Å². The topological polar surface area (TPSA) is 9.23 Å². The van der Waals surface area contributed by atoms with Crippen LogP contribution in [0.15, 0.2) is 51.3 Å². The summed E-state index contributed by atoms with van der Waals surface area (Å²) in [5, 5.41) is 0. The van der Waals surface area contributed by atoms with Crippen LogP contribution in [0.3, 0.4) is 0 Å². The van der Waals surface area contributed by atoms with Gasteiger partial charge in [-0.05, 0) is 0 Å². The van der Waals surface area contributed by atoms with E-state index in [1.54, 1.807) is 8.84 Å². The van der Waals surface area contributed by atoms with E-state index in [0.717, 1.165) is 13.0 Å². The summed E-state index contributed by atoms with van der Waals surface area (Å²) in [4.78, 5) is 0. The van der Waals surface area contributed by atoms with Crippen molar-refractivity contribution < 1.29 is 50.5 Å². The van der Waals surface area contributed by atoms with Crippen molar-refractivity contribution in [1.82, 2.24) is 0 Å². The third-order valence-electron chi connectivity index (χ3n) is 4.69. The number of halogens is 2. The van der Waals surface area contributed by atoms with Crippen molar-refractivity contribution in [2.24, 2.45) is 0 Å². The van der Waals surface area contributed by atoms with Crippen molar-refractivity contribution in [2.45, 2.75) is 43.0 Å². The van der Waals surface area contributed by atoms with E-state index in [-0.39, 0.29) is 24.8 Å². The van der Waals surface area contributed by atoms with Crippen LogP contribution in [-0.2, 0) is 25.7 Å². The van der Waals surface area contributed by atoms with Gasteiger partial charge >= 0.3 is 156 Å². The zero-order valence-electron chi connectivity index (χ0n) is 16.1. The van der Waals surface area contributed by atoms with Gasteiger partial charge < -0.3 is 24.8 Å². The fraction of sp³-hybridized carbons (Fsp3) is 0.381. The number of rotatable bonds is 6. The second-order valence-corrected chi connectivity index (χ2v) is 18.9. The first-order valence-corrected chi connectivity index (χ1v) is 16.4. The van der Waals surface area contributed by atoms with E-state index >= 15 is 0 Å². The molecule has 1 unspecified atom stereocenters. The van der Waals surface area contributed by atoms with E-state index in [0.29, 0.717) is 3.63 Å². The van der Waals surface area contributed by atoms with Crippen molar-refractivity contribution in [2.75, 3.05) is 6.61 Å². The standard InChI is InChI=1S/C10H17OSi.C9H7.C2H4.2ClH.Zr/c1-12(2,3)11-9-8-10-6-4-5-7-10;1-2-5-9-7-3-6-8(9)4-1;1-2;;;/h6-7H,4,8-9H2,1-3H3;1-7H;1H,2H3;2*1H;/q;;;;;+2/p-2. The fourth-order valence-corrected chi connectivity index (χ4v) is 10.9. The largest absolute Gasteiger partial charge is 1.00 e. The van der Waals surface area contributed by atoms with E-state index in [9.17, 15) is 0 Å². The van der Waals surface area contributed by atoms with Crippen LogP contribution in [-0.4, -0.2) is 18.6 Å². The number of allylic oxidation sites excluding steroid dienone is 4. The summed E-state index contributed by atoms with van der Waals surface area (Å²) in [6.45, 7) is 9.96. The summed E-state index contributed by atoms with van der Waals surface area (Å²) in [5.41, 5.74) is 4.48. The maximum absolute atomic E-state index is 6.03. The van der Waals surface area contributed by atoms with Gasteiger partial charge in [-0.15, -0.1) is 0 Å². The van der Waals surface area contributed by atoms with Gasteiger partial charge in [-0.1, -0.05) is 0 Å². The average molecular weight is 487 g/mol. The molecule has 26 heavy (non-hydrogen) atoms. The Morgan fingerprint density at radius 3 is 2.62 bits per heavy atom. The normalized spacial score (nSPS) is 17.9. The molecule has 0 heterocycles. The minimum absolute atomic E-state index is 0. The summed E-state index contributed by atoms with van der Waals surface area (Å²) in [6.07, 6.45) is 12.0. The van der Waals surface area contributed by atoms with Gasteiger partial charge in [0.25, 0.3) is 0 Å². The Bertz CT molecular complexity index is 745. The number of benzene rings is 1. The van der Waals surface area contributed by atoms with Crippen molar-refractivity contribution in [3.05, 3.63) is 62.5 Å². The van der Waals surface area contributed by atoms with Gasteiger partial charge in [0.2, 0.25) is 0 Å². The quantitative estimate of drug-likeness (QED) is 0.500. The molecule has 1 aromatic rings. The predicted octanol–water partition coefficient (Wildman–Crippen LogP) is -0.342. The molecule has 0 radical (unpaired) electrons. The first-order valence-electron chi connectivity index (χ1n) is 8.95. The van der Waals surface area contributed by atoms with Gasteiger partial charge in [-0.2, -0.15) is 0 Å². The summed E-state index contributed by atoms with van der Waals surface area (Å²) in [7, 11) is -1.39. The second-order valence-electron chi connectivity index (χ2n) is 7.57. The molecule has 0 aliphatic heterocycles. The van der Waals surface area contributed by atoms with Gasteiger partial charge in [0.05, 0.1) is 0 Å². The zero-order chi connectivity index (χ0) is 17.2. The minimum Gasteiger partial charge on any atom is -1.00 e. The van der Waals surface area contributed by atoms with Crippen molar-refractivity contribution >= 4 is 18.1 Å². The third-order valence-corrected chi connectivity index (χ3v) is 12.8. The zero-order valence-corrected chi connectivity index (χ0v) is 21.0. The Balaban J connectivity index is 0.00000169. The van der Waals surface area contributed by atoms with Crippen molar-refractivity contribution in [1.29, 1.82) is 0 Å². The summed E-state index contributed by atoms with van der Waals surface area (Å²) >= 11 is -1.76. The summed E-state index contributed by atoms with van der Waals surface area (Å²) in [5.74, 6) is 0. The molecule has 1 nitrogen and oxygen atoms in total. The molecule has 0 amide bonds. The second kappa shape index (κ2) is 10.5. The van der Waals surface area contributed by atoms with E-state index in [2.05, 4.69) is 78.8 Å². The maximum Gasteiger partial charge on any atom is -1.00 e. The molecule has 0 aromatic heterocycles.